The van der Waals surface area contributed by atoms with Crippen LogP contribution in [0.3, 0.4) is 0 Å². The first-order valence-corrected chi connectivity index (χ1v) is 7.57. The Morgan fingerprint density at radius 1 is 1.30 bits per heavy atom. The normalized spacial score (nSPS) is 18.4. The number of nitrogens with two attached hydrogens (primary N) is 1. The minimum Gasteiger partial charge on any atom is -0.399 e. The van der Waals surface area contributed by atoms with Crippen LogP contribution >= 0.6 is 0 Å². The summed E-state index contributed by atoms with van der Waals surface area (Å²) in [5, 5.41) is 0. The summed E-state index contributed by atoms with van der Waals surface area (Å²) in [7, 11) is -2.53. The molecule has 2 rings (SSSR count). The van der Waals surface area contributed by atoms with Crippen LogP contribution in [0.4, 0.5) is 14.5 Å². The molecule has 2 N–H and O–H groups in total. The highest BCUT2D eigenvalue weighted by Gasteiger charge is 2.32. The predicted molar refractivity (Wildman–Crippen MR) is 69.6 cm³/mol. The van der Waals surface area contributed by atoms with Crippen LogP contribution in [0.1, 0.15) is 12.8 Å². The third-order valence-corrected chi connectivity index (χ3v) is 5.27. The fraction of sp³-hybridized carbons (Fsp3) is 0.500. The van der Waals surface area contributed by atoms with Crippen molar-refractivity contribution in [2.75, 3.05) is 25.9 Å². The first-order valence-electron chi connectivity index (χ1n) is 6.13. The number of anilines is 1. The topological polar surface area (TPSA) is 72.6 Å². The second kappa shape index (κ2) is 5.63. The van der Waals surface area contributed by atoms with Gasteiger partial charge in [0.05, 0.1) is 6.10 Å². The summed E-state index contributed by atoms with van der Waals surface area (Å²) in [6, 6.07) is 1.70. The summed E-state index contributed by atoms with van der Waals surface area (Å²) >= 11 is 0. The molecule has 1 aromatic rings. The van der Waals surface area contributed by atoms with Crippen molar-refractivity contribution >= 4 is 15.7 Å². The third kappa shape index (κ3) is 2.77. The molecule has 0 bridgehead atoms. The molecule has 0 amide bonds. The van der Waals surface area contributed by atoms with Gasteiger partial charge in [0.1, 0.15) is 4.90 Å². The fourth-order valence-electron chi connectivity index (χ4n) is 2.22. The van der Waals surface area contributed by atoms with Crippen LogP contribution in [0, 0.1) is 11.6 Å². The molecule has 5 nitrogen and oxygen atoms in total. The number of nitrogens with zero attached hydrogens (tertiary/aromatic N) is 1. The summed E-state index contributed by atoms with van der Waals surface area (Å²) < 4.78 is 57.9. The highest BCUT2D eigenvalue weighted by atomic mass is 32.2. The van der Waals surface area contributed by atoms with Gasteiger partial charge in [0.2, 0.25) is 10.0 Å². The van der Waals surface area contributed by atoms with Crippen molar-refractivity contribution in [3.63, 3.8) is 0 Å². The van der Waals surface area contributed by atoms with E-state index in [1.54, 1.807) is 7.11 Å². The van der Waals surface area contributed by atoms with Gasteiger partial charge in [0.15, 0.2) is 11.6 Å². The molecule has 0 radical (unpaired) electrons. The summed E-state index contributed by atoms with van der Waals surface area (Å²) in [5.74, 6) is -2.66. The quantitative estimate of drug-likeness (QED) is 0.856. The van der Waals surface area contributed by atoms with E-state index in [4.69, 9.17) is 10.5 Å². The second-order valence-corrected chi connectivity index (χ2v) is 6.56. The van der Waals surface area contributed by atoms with E-state index in [2.05, 4.69) is 0 Å². The van der Waals surface area contributed by atoms with Crippen molar-refractivity contribution in [3.8, 4) is 0 Å². The minimum atomic E-state index is -4.09. The van der Waals surface area contributed by atoms with Gasteiger partial charge in [-0.3, -0.25) is 0 Å². The lowest BCUT2D eigenvalue weighted by molar-refractivity contribution is 0.0604. The van der Waals surface area contributed by atoms with E-state index in [1.165, 1.54) is 0 Å². The molecule has 0 aliphatic carbocycles. The number of rotatable bonds is 3. The Morgan fingerprint density at radius 3 is 2.45 bits per heavy atom. The van der Waals surface area contributed by atoms with Gasteiger partial charge in [0, 0.05) is 25.9 Å². The predicted octanol–water partition coefficient (Wildman–Crippen LogP) is 1.35. The number of sulfonamides is 1. The summed E-state index contributed by atoms with van der Waals surface area (Å²) in [6.45, 7) is 0.410. The standard InChI is InChI=1S/C12H16F2N2O3S/c1-19-9-2-4-16(5-3-9)20(17,18)11-7-8(15)6-10(13)12(11)14/h6-7,9H,2-5,15H2,1H3. The Balaban J connectivity index is 2.32. The van der Waals surface area contributed by atoms with Crippen LogP contribution in [0.15, 0.2) is 17.0 Å². The number of piperidine rings is 1. The van der Waals surface area contributed by atoms with Gasteiger partial charge in [-0.1, -0.05) is 0 Å². The molecule has 0 spiro atoms. The molecule has 1 aliphatic heterocycles. The monoisotopic (exact) mass is 306 g/mol. The van der Waals surface area contributed by atoms with Crippen molar-refractivity contribution in [1.82, 2.24) is 4.31 Å². The van der Waals surface area contributed by atoms with Gasteiger partial charge in [-0.15, -0.1) is 0 Å². The Bertz CT molecular complexity index is 599. The lowest BCUT2D eigenvalue weighted by atomic mass is 10.1. The molecule has 20 heavy (non-hydrogen) atoms. The van der Waals surface area contributed by atoms with Gasteiger partial charge >= 0.3 is 0 Å². The molecule has 8 heteroatoms. The Labute approximate surface area is 116 Å². The maximum Gasteiger partial charge on any atom is 0.246 e. The Kier molecular flexibility index (Phi) is 4.26. The molecule has 0 atom stereocenters. The summed E-state index contributed by atoms with van der Waals surface area (Å²) in [5.41, 5.74) is 5.26. The van der Waals surface area contributed by atoms with Gasteiger partial charge in [0.25, 0.3) is 0 Å². The number of hydrogen-bond acceptors (Lipinski definition) is 4. The summed E-state index contributed by atoms with van der Waals surface area (Å²) in [6.07, 6.45) is 1.02. The van der Waals surface area contributed by atoms with Crippen molar-refractivity contribution in [2.45, 2.75) is 23.8 Å². The number of nitrogen functional groups attached to an aromatic ring is 1. The van der Waals surface area contributed by atoms with Crippen LogP contribution < -0.4 is 5.73 Å². The van der Waals surface area contributed by atoms with Crippen LogP contribution in [0.5, 0.6) is 0 Å². The number of benzene rings is 1. The third-order valence-electron chi connectivity index (χ3n) is 3.37. The van der Waals surface area contributed by atoms with Gasteiger partial charge in [-0.2, -0.15) is 4.31 Å². The minimum absolute atomic E-state index is 0.0103. The smallest absolute Gasteiger partial charge is 0.246 e. The summed E-state index contributed by atoms with van der Waals surface area (Å²) in [4.78, 5) is -0.717. The second-order valence-electron chi connectivity index (χ2n) is 4.65. The molecular weight excluding hydrogens is 290 g/mol. The van der Waals surface area contributed by atoms with Crippen LogP contribution in [0.25, 0.3) is 0 Å². The van der Waals surface area contributed by atoms with Crippen molar-refractivity contribution in [2.24, 2.45) is 0 Å². The van der Waals surface area contributed by atoms with E-state index in [-0.39, 0.29) is 24.9 Å². The van der Waals surface area contributed by atoms with E-state index in [9.17, 15) is 17.2 Å². The molecule has 0 unspecified atom stereocenters. The van der Waals surface area contributed by atoms with Crippen LogP contribution in [0.2, 0.25) is 0 Å². The number of hydrogen-bond donors (Lipinski definition) is 1. The molecule has 1 fully saturated rings. The molecule has 0 saturated carbocycles. The first kappa shape index (κ1) is 15.1. The van der Waals surface area contributed by atoms with E-state index >= 15 is 0 Å². The van der Waals surface area contributed by atoms with Gasteiger partial charge < -0.3 is 10.5 Å². The van der Waals surface area contributed by atoms with Crippen molar-refractivity contribution in [3.05, 3.63) is 23.8 Å². The number of halogens is 2. The first-order chi connectivity index (χ1) is 9.36. The maximum absolute atomic E-state index is 13.7. The molecule has 1 aliphatic rings. The van der Waals surface area contributed by atoms with Crippen molar-refractivity contribution < 1.29 is 21.9 Å². The number of methoxy groups -OCH3 is 1. The van der Waals surface area contributed by atoms with Gasteiger partial charge in [-0.05, 0) is 25.0 Å². The Hall–Kier alpha value is -1.25. The Morgan fingerprint density at radius 2 is 1.90 bits per heavy atom. The molecule has 1 heterocycles. The highest BCUT2D eigenvalue weighted by Crippen LogP contribution is 2.26. The lowest BCUT2D eigenvalue weighted by Gasteiger charge is -2.30. The van der Waals surface area contributed by atoms with Crippen molar-refractivity contribution in [1.29, 1.82) is 0 Å². The molecule has 0 aromatic heterocycles. The lowest BCUT2D eigenvalue weighted by Crippen LogP contribution is -2.40. The molecular formula is C12H16F2N2O3S. The van der Waals surface area contributed by atoms with E-state index in [1.807, 2.05) is 0 Å². The SMILES string of the molecule is COC1CCN(S(=O)(=O)c2cc(N)cc(F)c2F)CC1. The molecule has 1 saturated heterocycles. The zero-order chi connectivity index (χ0) is 14.9. The average molecular weight is 306 g/mol. The van der Waals surface area contributed by atoms with Crippen LogP contribution in [-0.2, 0) is 14.8 Å². The average Bonchev–Trinajstić information content (AvgIpc) is 2.42. The van der Waals surface area contributed by atoms with Gasteiger partial charge in [-0.25, -0.2) is 17.2 Å². The van der Waals surface area contributed by atoms with E-state index in [0.29, 0.717) is 12.8 Å². The highest BCUT2D eigenvalue weighted by molar-refractivity contribution is 7.89. The zero-order valence-electron chi connectivity index (χ0n) is 11.0. The molecule has 1 aromatic carbocycles. The van der Waals surface area contributed by atoms with Crippen LogP contribution in [-0.4, -0.2) is 39.0 Å². The fourth-order valence-corrected chi connectivity index (χ4v) is 3.80. The van der Waals surface area contributed by atoms with E-state index in [0.717, 1.165) is 16.4 Å². The maximum atomic E-state index is 13.7. The van der Waals surface area contributed by atoms with E-state index < -0.39 is 26.6 Å². The zero-order valence-corrected chi connectivity index (χ0v) is 11.8. The molecule has 112 valence electrons. The largest absolute Gasteiger partial charge is 0.399 e. The number of ether oxygens (including phenoxy) is 1.